The Kier molecular flexibility index (Phi) is 9.06. The Bertz CT molecular complexity index is 3670. The smallest absolute Gasteiger partial charge is 0.227 e. The molecule has 1 aliphatic carbocycles. The molecule has 0 spiro atoms. The van der Waals surface area contributed by atoms with E-state index in [0.717, 1.165) is 0 Å². The molecule has 2 aliphatic heterocycles. The van der Waals surface area contributed by atoms with Gasteiger partial charge in [0.2, 0.25) is 6.71 Å². The Morgan fingerprint density at radius 1 is 0.412 bits per heavy atom. The van der Waals surface area contributed by atoms with Crippen LogP contribution in [0.5, 0.6) is 0 Å². The molecule has 3 aliphatic rings. The second-order valence-corrected chi connectivity index (χ2v) is 20.3. The number of fused-ring (bicyclic) bond motifs is 8. The van der Waals surface area contributed by atoms with Crippen LogP contribution in [0.15, 0.2) is 200 Å². The van der Waals surface area contributed by atoms with Crippen molar-refractivity contribution in [2.45, 2.75) is 52.8 Å². The van der Waals surface area contributed by atoms with Gasteiger partial charge < -0.3 is 4.90 Å². The first kappa shape index (κ1) is 40.6. The molecule has 0 aromatic heterocycles. The van der Waals surface area contributed by atoms with Gasteiger partial charge in [-0.3, -0.25) is 0 Å². The molecule has 10 aromatic carbocycles. The summed E-state index contributed by atoms with van der Waals surface area (Å²) in [6.07, 6.45) is 0. The SMILES string of the molecule is Cc1cc(C)c(-c2cc3c4c(c2)N(c2ccc(-c5ccccc5)cc2C)c2cc5c(cc2B4C(c2ccc(-c4ccccc4)cc2)c2cc4ccccc4cc2-3)-c2ccccc2C5(C)C)c(C)c1. The molecule has 0 bridgehead atoms. The summed E-state index contributed by atoms with van der Waals surface area (Å²) < 4.78 is 0. The normalized spacial score (nSPS) is 14.8. The molecule has 68 heavy (non-hydrogen) atoms. The third-order valence-electron chi connectivity index (χ3n) is 15.8. The Balaban J connectivity index is 1.16. The number of aryl methyl sites for hydroxylation is 4. The van der Waals surface area contributed by atoms with Crippen LogP contribution >= 0.6 is 0 Å². The molecular formula is C66H52BN. The minimum Gasteiger partial charge on any atom is -0.311 e. The second kappa shape index (κ2) is 15.2. The third-order valence-corrected chi connectivity index (χ3v) is 15.8. The molecule has 0 N–H and O–H groups in total. The Labute approximate surface area is 401 Å². The van der Waals surface area contributed by atoms with Crippen LogP contribution in [-0.4, -0.2) is 6.71 Å². The Morgan fingerprint density at radius 3 is 1.74 bits per heavy atom. The van der Waals surface area contributed by atoms with Crippen molar-refractivity contribution in [1.29, 1.82) is 0 Å². The highest BCUT2D eigenvalue weighted by Crippen LogP contribution is 2.54. The zero-order valence-electron chi connectivity index (χ0n) is 39.7. The van der Waals surface area contributed by atoms with Gasteiger partial charge in [0.1, 0.15) is 0 Å². The van der Waals surface area contributed by atoms with Gasteiger partial charge in [0, 0.05) is 22.5 Å². The molecule has 0 radical (unpaired) electrons. The standard InChI is InChI=1S/C66H52BN/c1-40-31-42(3)63(43(4)32-40)51-36-56-53-34-48-21-13-14-22-49(48)35-55(53)64(47-27-25-46(26-28-47)44-17-9-7-10-18-44)67-59-38-54-52-23-15-16-24-57(52)66(5,6)58(54)39-61(59)68(62(37-51)65(56)67)60-30-29-50(33-41(60)2)45-19-11-8-12-20-45/h7-39,64H,1-6H3. The summed E-state index contributed by atoms with van der Waals surface area (Å²) in [5, 5.41) is 2.54. The molecule has 0 fully saturated rings. The van der Waals surface area contributed by atoms with Gasteiger partial charge in [0.25, 0.3) is 0 Å². The van der Waals surface area contributed by atoms with Crippen LogP contribution in [0.1, 0.15) is 64.2 Å². The highest BCUT2D eigenvalue weighted by Gasteiger charge is 2.48. The number of hydrogen-bond acceptors (Lipinski definition) is 1. The molecule has 10 aromatic rings. The average molecular weight is 870 g/mol. The molecule has 13 rings (SSSR count). The minimum atomic E-state index is -0.174. The maximum Gasteiger partial charge on any atom is 0.227 e. The summed E-state index contributed by atoms with van der Waals surface area (Å²) in [4.78, 5) is 2.66. The molecule has 324 valence electrons. The largest absolute Gasteiger partial charge is 0.311 e. The maximum absolute atomic E-state index is 2.66. The number of hydrogen-bond donors (Lipinski definition) is 0. The van der Waals surface area contributed by atoms with E-state index in [1.165, 1.54) is 139 Å². The molecule has 2 heterocycles. The van der Waals surface area contributed by atoms with Gasteiger partial charge in [0.05, 0.1) is 0 Å². The summed E-state index contributed by atoms with van der Waals surface area (Å²) in [6, 6.07) is 76.5. The lowest BCUT2D eigenvalue weighted by molar-refractivity contribution is 0.660. The molecule has 0 amide bonds. The molecular weight excluding hydrogens is 818 g/mol. The van der Waals surface area contributed by atoms with E-state index in [-0.39, 0.29) is 17.9 Å². The first-order chi connectivity index (χ1) is 33.1. The topological polar surface area (TPSA) is 3.24 Å². The van der Waals surface area contributed by atoms with E-state index >= 15 is 0 Å². The molecule has 2 heteroatoms. The number of anilines is 3. The van der Waals surface area contributed by atoms with Crippen molar-refractivity contribution < 1.29 is 0 Å². The molecule has 0 saturated carbocycles. The number of rotatable bonds is 5. The Hall–Kier alpha value is -7.68. The minimum absolute atomic E-state index is 0.0295. The van der Waals surface area contributed by atoms with Crippen LogP contribution in [0.2, 0.25) is 0 Å². The van der Waals surface area contributed by atoms with Crippen molar-refractivity contribution in [3.05, 3.63) is 245 Å². The molecule has 1 nitrogen and oxygen atoms in total. The zero-order chi connectivity index (χ0) is 46.0. The second-order valence-electron chi connectivity index (χ2n) is 20.3. The zero-order valence-corrected chi connectivity index (χ0v) is 39.7. The van der Waals surface area contributed by atoms with Crippen molar-refractivity contribution in [1.82, 2.24) is 0 Å². The maximum atomic E-state index is 2.66. The fraction of sp³-hybridized carbons (Fsp3) is 0.121. The van der Waals surface area contributed by atoms with Crippen molar-refractivity contribution in [3.8, 4) is 55.6 Å². The van der Waals surface area contributed by atoms with Crippen molar-refractivity contribution in [2.24, 2.45) is 0 Å². The van der Waals surface area contributed by atoms with Crippen LogP contribution < -0.4 is 15.8 Å². The number of nitrogens with zero attached hydrogens (tertiary/aromatic N) is 1. The molecule has 0 saturated heterocycles. The van der Waals surface area contributed by atoms with Crippen LogP contribution in [-0.2, 0) is 5.41 Å². The van der Waals surface area contributed by atoms with E-state index < -0.39 is 0 Å². The van der Waals surface area contributed by atoms with Crippen molar-refractivity contribution in [2.75, 3.05) is 4.90 Å². The van der Waals surface area contributed by atoms with Gasteiger partial charge in [-0.05, 0) is 186 Å². The first-order valence-corrected chi connectivity index (χ1v) is 24.3. The lowest BCUT2D eigenvalue weighted by Crippen LogP contribution is -2.56. The summed E-state index contributed by atoms with van der Waals surface area (Å²) in [7, 11) is 0. The van der Waals surface area contributed by atoms with Gasteiger partial charge in [-0.2, -0.15) is 0 Å². The third kappa shape index (κ3) is 6.10. The van der Waals surface area contributed by atoms with E-state index in [4.69, 9.17) is 0 Å². The molecule has 1 atom stereocenters. The van der Waals surface area contributed by atoms with Crippen LogP contribution in [0.3, 0.4) is 0 Å². The lowest BCUT2D eigenvalue weighted by atomic mass is 9.27. The monoisotopic (exact) mass is 869 g/mol. The van der Waals surface area contributed by atoms with E-state index in [1.807, 2.05) is 0 Å². The van der Waals surface area contributed by atoms with Crippen LogP contribution in [0.25, 0.3) is 66.4 Å². The quantitative estimate of drug-likeness (QED) is 0.156. The fourth-order valence-corrected chi connectivity index (χ4v) is 12.8. The van der Waals surface area contributed by atoms with Crippen molar-refractivity contribution in [3.63, 3.8) is 0 Å². The highest BCUT2D eigenvalue weighted by atomic mass is 15.2. The van der Waals surface area contributed by atoms with Gasteiger partial charge in [-0.1, -0.05) is 183 Å². The summed E-state index contributed by atoms with van der Waals surface area (Å²) in [6.45, 7) is 14.0. The van der Waals surface area contributed by atoms with Gasteiger partial charge in [-0.25, -0.2) is 0 Å². The van der Waals surface area contributed by atoms with Crippen LogP contribution in [0, 0.1) is 27.7 Å². The van der Waals surface area contributed by atoms with Gasteiger partial charge in [0.15, 0.2) is 0 Å². The Morgan fingerprint density at radius 2 is 1.03 bits per heavy atom. The highest BCUT2D eigenvalue weighted by molar-refractivity contribution is 6.91. The van der Waals surface area contributed by atoms with Gasteiger partial charge in [-0.15, -0.1) is 0 Å². The van der Waals surface area contributed by atoms with E-state index in [2.05, 4.69) is 247 Å². The number of benzene rings is 10. The van der Waals surface area contributed by atoms with E-state index in [0.29, 0.717) is 0 Å². The van der Waals surface area contributed by atoms with E-state index in [1.54, 1.807) is 0 Å². The van der Waals surface area contributed by atoms with Crippen molar-refractivity contribution >= 4 is 45.5 Å². The predicted molar refractivity (Wildman–Crippen MR) is 290 cm³/mol. The average Bonchev–Trinajstić information content (AvgIpc) is 3.58. The first-order valence-electron chi connectivity index (χ1n) is 24.3. The summed E-state index contributed by atoms with van der Waals surface area (Å²) in [5.74, 6) is 0.0459. The lowest BCUT2D eigenvalue weighted by Gasteiger charge is -2.45. The van der Waals surface area contributed by atoms with E-state index in [9.17, 15) is 0 Å². The predicted octanol–water partition coefficient (Wildman–Crippen LogP) is 16.1. The van der Waals surface area contributed by atoms with Gasteiger partial charge >= 0.3 is 0 Å². The molecule has 1 unspecified atom stereocenters. The fourth-order valence-electron chi connectivity index (χ4n) is 12.8. The summed E-state index contributed by atoms with van der Waals surface area (Å²) in [5.41, 5.74) is 29.9. The van der Waals surface area contributed by atoms with Crippen LogP contribution in [0.4, 0.5) is 17.1 Å². The summed E-state index contributed by atoms with van der Waals surface area (Å²) >= 11 is 0.